The Kier molecular flexibility index (Phi) is 10.0. The molecule has 28 heavy (non-hydrogen) atoms. The van der Waals surface area contributed by atoms with E-state index < -0.39 is 11.9 Å². The smallest absolute Gasteiger partial charge is 0.240 e. The van der Waals surface area contributed by atoms with Gasteiger partial charge in [-0.25, -0.2) is 0 Å². The molecule has 2 amide bonds. The van der Waals surface area contributed by atoms with Crippen molar-refractivity contribution in [3.05, 3.63) is 71.8 Å². The Hall–Kier alpha value is -1.92. The number of nitrogens with one attached hydrogen (secondary N) is 1. The lowest BCUT2D eigenvalue weighted by molar-refractivity contribution is -0.129. The largest absolute Gasteiger partial charge is 0.368 e. The second-order valence-electron chi connectivity index (χ2n) is 6.63. The van der Waals surface area contributed by atoms with Crippen molar-refractivity contribution < 1.29 is 9.59 Å². The van der Waals surface area contributed by atoms with Gasteiger partial charge in [-0.05, 0) is 36.0 Å². The topological polar surface area (TPSA) is 72.2 Å². The number of thioether (sulfide) groups is 2. The van der Waals surface area contributed by atoms with Crippen molar-refractivity contribution in [3.63, 3.8) is 0 Å². The van der Waals surface area contributed by atoms with E-state index >= 15 is 0 Å². The van der Waals surface area contributed by atoms with E-state index in [4.69, 9.17) is 5.73 Å². The van der Waals surface area contributed by atoms with Crippen LogP contribution >= 0.6 is 23.5 Å². The third-order valence-electron chi connectivity index (χ3n) is 4.40. The molecule has 0 spiro atoms. The molecule has 0 aliphatic rings. The van der Waals surface area contributed by atoms with Crippen LogP contribution in [-0.4, -0.2) is 35.6 Å². The third-order valence-corrected chi connectivity index (χ3v) is 6.22. The molecule has 0 heterocycles. The molecule has 0 radical (unpaired) electrons. The summed E-state index contributed by atoms with van der Waals surface area (Å²) >= 11 is 3.37. The van der Waals surface area contributed by atoms with E-state index in [1.165, 1.54) is 5.56 Å². The highest BCUT2D eigenvalue weighted by atomic mass is 32.2. The average molecular weight is 417 g/mol. The van der Waals surface area contributed by atoms with Crippen LogP contribution in [0.1, 0.15) is 17.5 Å². The van der Waals surface area contributed by atoms with Crippen molar-refractivity contribution in [1.82, 2.24) is 5.32 Å². The van der Waals surface area contributed by atoms with Crippen LogP contribution in [0, 0.1) is 5.92 Å². The van der Waals surface area contributed by atoms with E-state index in [2.05, 4.69) is 17.4 Å². The van der Waals surface area contributed by atoms with Gasteiger partial charge in [-0.1, -0.05) is 60.7 Å². The number of nitrogens with two attached hydrogens (primary N) is 1. The summed E-state index contributed by atoms with van der Waals surface area (Å²) in [6, 6.07) is 19.6. The van der Waals surface area contributed by atoms with Gasteiger partial charge in [0.1, 0.15) is 6.04 Å². The molecule has 4 nitrogen and oxygen atoms in total. The fraction of sp³-hybridized carbons (Fsp3) is 0.364. The third kappa shape index (κ3) is 7.98. The highest BCUT2D eigenvalue weighted by Gasteiger charge is 2.24. The van der Waals surface area contributed by atoms with Crippen LogP contribution in [0.15, 0.2) is 60.7 Å². The second kappa shape index (κ2) is 12.5. The first-order valence-electron chi connectivity index (χ1n) is 9.34. The molecule has 0 aliphatic heterocycles. The molecule has 0 saturated carbocycles. The van der Waals surface area contributed by atoms with Gasteiger partial charge >= 0.3 is 0 Å². The summed E-state index contributed by atoms with van der Waals surface area (Å²) in [6.45, 7) is 0. The van der Waals surface area contributed by atoms with E-state index in [1.807, 2.05) is 54.8 Å². The summed E-state index contributed by atoms with van der Waals surface area (Å²) in [4.78, 5) is 24.6. The van der Waals surface area contributed by atoms with Gasteiger partial charge in [-0.15, -0.1) is 0 Å². The summed E-state index contributed by atoms with van der Waals surface area (Å²) in [5.74, 6) is 1.52. The Morgan fingerprint density at radius 3 is 2.18 bits per heavy atom. The molecule has 2 atom stereocenters. The Bertz CT molecular complexity index is 726. The molecule has 3 N–H and O–H groups in total. The quantitative estimate of drug-likeness (QED) is 0.555. The lowest BCUT2D eigenvalue weighted by atomic mass is 9.99. The Labute approximate surface area is 176 Å². The number of primary amides is 1. The zero-order valence-corrected chi connectivity index (χ0v) is 17.8. The van der Waals surface area contributed by atoms with Crippen LogP contribution in [-0.2, 0) is 21.8 Å². The molecule has 0 aromatic heterocycles. The van der Waals surface area contributed by atoms with Crippen LogP contribution in [0.2, 0.25) is 0 Å². The Balaban J connectivity index is 2.01. The van der Waals surface area contributed by atoms with Crippen molar-refractivity contribution in [1.29, 1.82) is 0 Å². The molecule has 0 fully saturated rings. The van der Waals surface area contributed by atoms with Crippen LogP contribution in [0.4, 0.5) is 0 Å². The van der Waals surface area contributed by atoms with Crippen LogP contribution in [0.25, 0.3) is 0 Å². The molecular weight excluding hydrogens is 388 g/mol. The minimum Gasteiger partial charge on any atom is -0.368 e. The SMILES string of the molecule is CSCC[C@H](NC(=O)[C@@H](CSCc1ccccc1)Cc1ccccc1)C(N)=O. The molecule has 6 heteroatoms. The van der Waals surface area contributed by atoms with Crippen LogP contribution in [0.3, 0.4) is 0 Å². The van der Waals surface area contributed by atoms with E-state index in [9.17, 15) is 9.59 Å². The molecule has 2 rings (SSSR count). The molecule has 0 saturated heterocycles. The molecule has 0 unspecified atom stereocenters. The Morgan fingerprint density at radius 2 is 1.61 bits per heavy atom. The maximum absolute atomic E-state index is 12.9. The fourth-order valence-electron chi connectivity index (χ4n) is 2.83. The van der Waals surface area contributed by atoms with Gasteiger partial charge in [0.15, 0.2) is 0 Å². The molecular formula is C22H28N2O2S2. The number of carbonyl (C=O) groups is 2. The van der Waals surface area contributed by atoms with Crippen molar-refractivity contribution in [2.75, 3.05) is 17.8 Å². The van der Waals surface area contributed by atoms with Crippen molar-refractivity contribution >= 4 is 35.3 Å². The summed E-state index contributed by atoms with van der Waals surface area (Å²) < 4.78 is 0. The van der Waals surface area contributed by atoms with Crippen molar-refractivity contribution in [2.45, 2.75) is 24.6 Å². The summed E-state index contributed by atoms with van der Waals surface area (Å²) in [7, 11) is 0. The first kappa shape index (κ1) is 22.4. The first-order chi connectivity index (χ1) is 13.6. The standard InChI is InChI=1S/C22H28N2O2S2/c1-27-13-12-20(21(23)25)24-22(26)19(14-17-8-4-2-5-9-17)16-28-15-18-10-6-3-7-11-18/h2-11,19-20H,12-16H2,1H3,(H2,23,25)(H,24,26)/t19-,20+/m1/s1. The summed E-state index contributed by atoms with van der Waals surface area (Å²) in [5.41, 5.74) is 7.84. The van der Waals surface area contributed by atoms with E-state index in [1.54, 1.807) is 23.5 Å². The average Bonchev–Trinajstić information content (AvgIpc) is 2.71. The first-order valence-corrected chi connectivity index (χ1v) is 11.9. The molecule has 150 valence electrons. The van der Waals surface area contributed by atoms with Gasteiger partial charge in [0.05, 0.1) is 5.92 Å². The van der Waals surface area contributed by atoms with Gasteiger partial charge < -0.3 is 11.1 Å². The predicted octanol–water partition coefficient (Wildman–Crippen LogP) is 3.50. The van der Waals surface area contributed by atoms with Gasteiger partial charge in [0.2, 0.25) is 11.8 Å². The summed E-state index contributed by atoms with van der Waals surface area (Å²) in [6.07, 6.45) is 3.16. The molecule has 2 aromatic rings. The highest BCUT2D eigenvalue weighted by molar-refractivity contribution is 7.98. The van der Waals surface area contributed by atoms with E-state index in [0.29, 0.717) is 18.6 Å². The summed E-state index contributed by atoms with van der Waals surface area (Å²) in [5, 5.41) is 2.88. The fourth-order valence-corrected chi connectivity index (χ4v) is 4.40. The highest BCUT2D eigenvalue weighted by Crippen LogP contribution is 2.19. The number of hydrogen-bond donors (Lipinski definition) is 2. The van der Waals surface area contributed by atoms with Crippen molar-refractivity contribution in [2.24, 2.45) is 11.7 Å². The lowest BCUT2D eigenvalue weighted by Crippen LogP contribution is -2.47. The van der Waals surface area contributed by atoms with Crippen LogP contribution in [0.5, 0.6) is 0 Å². The zero-order chi connectivity index (χ0) is 20.2. The number of benzene rings is 2. The maximum Gasteiger partial charge on any atom is 0.240 e. The molecule has 0 bridgehead atoms. The minimum absolute atomic E-state index is 0.102. The Morgan fingerprint density at radius 1 is 1.00 bits per heavy atom. The van der Waals surface area contributed by atoms with Gasteiger partial charge in [-0.2, -0.15) is 23.5 Å². The second-order valence-corrected chi connectivity index (χ2v) is 8.65. The monoisotopic (exact) mass is 416 g/mol. The lowest BCUT2D eigenvalue weighted by Gasteiger charge is -2.21. The molecule has 0 aliphatic carbocycles. The minimum atomic E-state index is -0.614. The van der Waals surface area contributed by atoms with Gasteiger partial charge in [-0.3, -0.25) is 9.59 Å². The number of hydrogen-bond acceptors (Lipinski definition) is 4. The molecule has 2 aromatic carbocycles. The maximum atomic E-state index is 12.9. The number of carbonyl (C=O) groups excluding carboxylic acids is 2. The van der Waals surface area contributed by atoms with Crippen LogP contribution < -0.4 is 11.1 Å². The van der Waals surface area contributed by atoms with Gasteiger partial charge in [0.25, 0.3) is 0 Å². The number of rotatable bonds is 12. The zero-order valence-electron chi connectivity index (χ0n) is 16.2. The van der Waals surface area contributed by atoms with E-state index in [0.717, 1.165) is 17.1 Å². The van der Waals surface area contributed by atoms with E-state index in [-0.39, 0.29) is 11.8 Å². The number of amides is 2. The normalized spacial score (nSPS) is 12.9. The predicted molar refractivity (Wildman–Crippen MR) is 120 cm³/mol. The van der Waals surface area contributed by atoms with Crippen molar-refractivity contribution in [3.8, 4) is 0 Å². The van der Waals surface area contributed by atoms with Gasteiger partial charge in [0, 0.05) is 11.5 Å².